The molecule has 3 rings (SSSR count). The van der Waals surface area contributed by atoms with E-state index in [2.05, 4.69) is 13.8 Å². The molecular formula is C11H16O. The third-order valence-corrected chi connectivity index (χ3v) is 5.03. The number of hydrogen-bond donors (Lipinski definition) is 0. The van der Waals surface area contributed by atoms with Crippen molar-refractivity contribution < 1.29 is 4.79 Å². The van der Waals surface area contributed by atoms with Crippen molar-refractivity contribution in [3.63, 3.8) is 0 Å². The van der Waals surface area contributed by atoms with Gasteiger partial charge in [-0.25, -0.2) is 0 Å². The summed E-state index contributed by atoms with van der Waals surface area (Å²) in [4.78, 5) is 11.8. The van der Waals surface area contributed by atoms with E-state index in [-0.39, 0.29) is 5.41 Å². The summed E-state index contributed by atoms with van der Waals surface area (Å²) in [6.45, 7) is 4.59. The van der Waals surface area contributed by atoms with Crippen molar-refractivity contribution in [2.45, 2.75) is 46.0 Å². The fourth-order valence-electron chi connectivity index (χ4n) is 4.29. The fourth-order valence-corrected chi connectivity index (χ4v) is 4.29. The Morgan fingerprint density at radius 1 is 1.25 bits per heavy atom. The van der Waals surface area contributed by atoms with E-state index in [4.69, 9.17) is 0 Å². The monoisotopic (exact) mass is 164 g/mol. The zero-order chi connectivity index (χ0) is 8.61. The molecule has 66 valence electrons. The summed E-state index contributed by atoms with van der Waals surface area (Å²) >= 11 is 0. The first kappa shape index (κ1) is 7.11. The van der Waals surface area contributed by atoms with Crippen LogP contribution in [0.4, 0.5) is 0 Å². The van der Waals surface area contributed by atoms with Crippen LogP contribution in [0, 0.1) is 16.2 Å². The lowest BCUT2D eigenvalue weighted by Crippen LogP contribution is -2.21. The highest BCUT2D eigenvalue weighted by Crippen LogP contribution is 2.85. The Hall–Kier alpha value is -0.330. The third-order valence-electron chi connectivity index (χ3n) is 5.03. The molecule has 1 nitrogen and oxygen atoms in total. The molecule has 0 N–H and O–H groups in total. The van der Waals surface area contributed by atoms with Crippen LogP contribution in [0.2, 0.25) is 0 Å². The van der Waals surface area contributed by atoms with Crippen molar-refractivity contribution in [2.24, 2.45) is 16.2 Å². The Kier molecular flexibility index (Phi) is 0.897. The Morgan fingerprint density at radius 2 is 2.00 bits per heavy atom. The van der Waals surface area contributed by atoms with Gasteiger partial charge in [0.2, 0.25) is 0 Å². The molecule has 0 aliphatic heterocycles. The first-order valence-corrected chi connectivity index (χ1v) is 5.08. The number of carbonyl (C=O) groups excluding carboxylic acids is 1. The average Bonchev–Trinajstić information content (AvgIpc) is 2.46. The minimum absolute atomic E-state index is 0.205. The molecule has 0 amide bonds. The van der Waals surface area contributed by atoms with Gasteiger partial charge in [-0.15, -0.1) is 0 Å². The van der Waals surface area contributed by atoms with E-state index >= 15 is 0 Å². The quantitative estimate of drug-likeness (QED) is 0.537. The van der Waals surface area contributed by atoms with Gasteiger partial charge >= 0.3 is 0 Å². The second-order valence-corrected chi connectivity index (χ2v) is 5.68. The molecule has 2 atom stereocenters. The molecule has 3 aliphatic carbocycles. The number of carbonyl (C=O) groups is 1. The highest BCUT2D eigenvalue weighted by molar-refractivity contribution is 5.94. The summed E-state index contributed by atoms with van der Waals surface area (Å²) in [5, 5.41) is 0. The average molecular weight is 164 g/mol. The van der Waals surface area contributed by atoms with Crippen molar-refractivity contribution in [1.82, 2.24) is 0 Å². The van der Waals surface area contributed by atoms with E-state index in [9.17, 15) is 4.79 Å². The zero-order valence-corrected chi connectivity index (χ0v) is 7.94. The van der Waals surface area contributed by atoms with Crippen molar-refractivity contribution in [3.05, 3.63) is 0 Å². The molecule has 1 heteroatoms. The smallest absolute Gasteiger partial charge is 0.140 e. The Labute approximate surface area is 73.5 Å². The number of hydrogen-bond acceptors (Lipinski definition) is 1. The summed E-state index contributed by atoms with van der Waals surface area (Å²) in [6.07, 6.45) is 5.91. The van der Waals surface area contributed by atoms with Gasteiger partial charge < -0.3 is 0 Å². The van der Waals surface area contributed by atoms with Crippen LogP contribution in [-0.4, -0.2) is 5.78 Å². The Morgan fingerprint density at radius 3 is 2.58 bits per heavy atom. The molecular weight excluding hydrogens is 148 g/mol. The summed E-state index contributed by atoms with van der Waals surface area (Å²) in [7, 11) is 0. The lowest BCUT2D eigenvalue weighted by atomic mass is 9.75. The molecule has 0 aromatic heterocycles. The van der Waals surface area contributed by atoms with Crippen LogP contribution in [0.15, 0.2) is 0 Å². The van der Waals surface area contributed by atoms with E-state index in [1.807, 2.05) is 0 Å². The van der Waals surface area contributed by atoms with Gasteiger partial charge in [-0.05, 0) is 30.1 Å². The topological polar surface area (TPSA) is 17.1 Å². The zero-order valence-electron chi connectivity index (χ0n) is 7.94. The van der Waals surface area contributed by atoms with Crippen LogP contribution in [0.25, 0.3) is 0 Å². The predicted molar refractivity (Wildman–Crippen MR) is 46.7 cm³/mol. The van der Waals surface area contributed by atoms with Crippen LogP contribution in [0.1, 0.15) is 46.0 Å². The van der Waals surface area contributed by atoms with Crippen molar-refractivity contribution >= 4 is 5.78 Å². The first-order chi connectivity index (χ1) is 5.54. The van der Waals surface area contributed by atoms with Gasteiger partial charge in [-0.2, -0.15) is 0 Å². The maximum Gasteiger partial charge on any atom is 0.140 e. The highest BCUT2D eigenvalue weighted by Gasteiger charge is 2.81. The molecule has 3 aliphatic rings. The van der Waals surface area contributed by atoms with E-state index in [1.165, 1.54) is 25.7 Å². The van der Waals surface area contributed by atoms with Gasteiger partial charge in [0.1, 0.15) is 5.78 Å². The van der Waals surface area contributed by atoms with Crippen LogP contribution in [0.5, 0.6) is 0 Å². The maximum atomic E-state index is 11.8. The SMILES string of the molecule is CC1(C)CC(=O)C23CCCC12C3. The second kappa shape index (κ2) is 1.51. The number of Topliss-reactive ketones (excluding diaryl/α,β-unsaturated/α-hetero) is 1. The molecule has 3 saturated carbocycles. The van der Waals surface area contributed by atoms with Gasteiger partial charge in [0, 0.05) is 11.8 Å². The second-order valence-electron chi connectivity index (χ2n) is 5.68. The standard InChI is InChI=1S/C11H16O/c1-9(2)6-8(12)10-4-3-5-11(9,10)7-10/h3-7H2,1-2H3. The van der Waals surface area contributed by atoms with Crippen LogP contribution in [0.3, 0.4) is 0 Å². The van der Waals surface area contributed by atoms with Gasteiger partial charge in [0.25, 0.3) is 0 Å². The van der Waals surface area contributed by atoms with Gasteiger partial charge in [-0.3, -0.25) is 4.79 Å². The minimum Gasteiger partial charge on any atom is -0.299 e. The highest BCUT2D eigenvalue weighted by atomic mass is 16.1. The number of ketones is 1. The van der Waals surface area contributed by atoms with E-state index in [0.29, 0.717) is 16.6 Å². The van der Waals surface area contributed by atoms with Crippen molar-refractivity contribution in [3.8, 4) is 0 Å². The first-order valence-electron chi connectivity index (χ1n) is 5.08. The van der Waals surface area contributed by atoms with Crippen molar-refractivity contribution in [1.29, 1.82) is 0 Å². The lowest BCUT2D eigenvalue weighted by molar-refractivity contribution is -0.123. The molecule has 0 radical (unpaired) electrons. The van der Waals surface area contributed by atoms with Crippen molar-refractivity contribution in [2.75, 3.05) is 0 Å². The third kappa shape index (κ3) is 0.439. The largest absolute Gasteiger partial charge is 0.299 e. The number of rotatable bonds is 0. The molecule has 0 spiro atoms. The predicted octanol–water partition coefficient (Wildman–Crippen LogP) is 2.55. The Balaban J connectivity index is 2.15. The van der Waals surface area contributed by atoms with Crippen LogP contribution in [-0.2, 0) is 4.79 Å². The molecule has 0 bridgehead atoms. The van der Waals surface area contributed by atoms with Crippen LogP contribution >= 0.6 is 0 Å². The Bertz CT molecular complexity index is 279. The van der Waals surface area contributed by atoms with Gasteiger partial charge in [-0.1, -0.05) is 20.3 Å². The summed E-state index contributed by atoms with van der Waals surface area (Å²) in [5.41, 5.74) is 0.994. The normalized spacial score (nSPS) is 53.7. The summed E-state index contributed by atoms with van der Waals surface area (Å²) in [5.74, 6) is 0.588. The van der Waals surface area contributed by atoms with E-state index < -0.39 is 0 Å². The lowest BCUT2D eigenvalue weighted by Gasteiger charge is -2.28. The van der Waals surface area contributed by atoms with E-state index in [1.54, 1.807) is 0 Å². The van der Waals surface area contributed by atoms with Crippen LogP contribution < -0.4 is 0 Å². The van der Waals surface area contributed by atoms with Gasteiger partial charge in [0.15, 0.2) is 0 Å². The molecule has 3 fully saturated rings. The molecule has 0 aromatic carbocycles. The summed E-state index contributed by atoms with van der Waals surface area (Å²) in [6, 6.07) is 0. The molecule has 12 heavy (non-hydrogen) atoms. The minimum atomic E-state index is 0.205. The molecule has 0 aromatic rings. The molecule has 0 saturated heterocycles. The molecule has 0 heterocycles. The summed E-state index contributed by atoms with van der Waals surface area (Å²) < 4.78 is 0. The maximum absolute atomic E-state index is 11.8. The van der Waals surface area contributed by atoms with Gasteiger partial charge in [0.05, 0.1) is 0 Å². The molecule has 2 unspecified atom stereocenters. The van der Waals surface area contributed by atoms with E-state index in [0.717, 1.165) is 6.42 Å². The fraction of sp³-hybridized carbons (Fsp3) is 0.909.